The molecule has 1 N–H and O–H groups in total. The molecule has 9 nitrogen and oxygen atoms in total. The summed E-state index contributed by atoms with van der Waals surface area (Å²) in [6, 6.07) is 16.3. The van der Waals surface area contributed by atoms with E-state index < -0.39 is 0 Å². The number of halogens is 1. The Morgan fingerprint density at radius 2 is 1.88 bits per heavy atom. The number of hydrogen-bond acceptors (Lipinski definition) is 6. The number of aromatic nitrogens is 6. The molecule has 0 spiro atoms. The van der Waals surface area contributed by atoms with Gasteiger partial charge in [-0.3, -0.25) is 4.79 Å². The molecule has 3 aromatic heterocycles. The SMILES string of the molecule is COc1ccc(Cl)cc1C(=O)Nc1cc(C)nn1-c1ncnc2c1cnn2-c1ccccc1. The minimum absolute atomic E-state index is 0.306. The monoisotopic (exact) mass is 459 g/mol. The summed E-state index contributed by atoms with van der Waals surface area (Å²) in [6.07, 6.45) is 3.13. The van der Waals surface area contributed by atoms with Crippen molar-refractivity contribution in [1.29, 1.82) is 0 Å². The van der Waals surface area contributed by atoms with Crippen LogP contribution >= 0.6 is 11.6 Å². The maximum atomic E-state index is 13.1. The lowest BCUT2D eigenvalue weighted by atomic mass is 10.2. The maximum Gasteiger partial charge on any atom is 0.260 e. The number of nitrogens with one attached hydrogen (secondary N) is 1. The van der Waals surface area contributed by atoms with Crippen LogP contribution in [0.15, 0.2) is 67.1 Å². The van der Waals surface area contributed by atoms with Crippen molar-refractivity contribution < 1.29 is 9.53 Å². The van der Waals surface area contributed by atoms with E-state index in [1.807, 2.05) is 37.3 Å². The Morgan fingerprint density at radius 1 is 1.06 bits per heavy atom. The van der Waals surface area contributed by atoms with Crippen LogP contribution in [0.4, 0.5) is 5.82 Å². The molecule has 164 valence electrons. The highest BCUT2D eigenvalue weighted by atomic mass is 35.5. The Hall–Kier alpha value is -4.24. The number of nitrogens with zero attached hydrogens (tertiary/aromatic N) is 6. The van der Waals surface area contributed by atoms with Gasteiger partial charge in [-0.1, -0.05) is 29.8 Å². The van der Waals surface area contributed by atoms with Crippen LogP contribution in [0.5, 0.6) is 5.75 Å². The van der Waals surface area contributed by atoms with E-state index in [4.69, 9.17) is 16.3 Å². The third kappa shape index (κ3) is 3.79. The van der Waals surface area contributed by atoms with Crippen LogP contribution in [0.3, 0.4) is 0 Å². The van der Waals surface area contributed by atoms with Gasteiger partial charge < -0.3 is 10.1 Å². The minimum Gasteiger partial charge on any atom is -0.496 e. The van der Waals surface area contributed by atoms with Crippen molar-refractivity contribution in [2.45, 2.75) is 6.92 Å². The summed E-state index contributed by atoms with van der Waals surface area (Å²) in [4.78, 5) is 21.9. The summed E-state index contributed by atoms with van der Waals surface area (Å²) in [5.41, 5.74) is 2.49. The second kappa shape index (κ2) is 8.36. The predicted octanol–water partition coefficient (Wildman–Crippen LogP) is 4.22. The minimum atomic E-state index is -0.388. The second-order valence-electron chi connectivity index (χ2n) is 7.21. The molecule has 2 aromatic carbocycles. The van der Waals surface area contributed by atoms with Crippen molar-refractivity contribution >= 4 is 34.4 Å². The Kier molecular flexibility index (Phi) is 5.23. The number of aryl methyl sites for hydroxylation is 1. The molecular formula is C23H18ClN7O2. The Morgan fingerprint density at radius 3 is 2.67 bits per heavy atom. The number of carbonyl (C=O) groups is 1. The molecule has 0 aliphatic carbocycles. The van der Waals surface area contributed by atoms with Gasteiger partial charge in [-0.25, -0.2) is 14.6 Å². The third-order valence-corrected chi connectivity index (χ3v) is 5.26. The first-order valence-electron chi connectivity index (χ1n) is 10.0. The zero-order valence-corrected chi connectivity index (χ0v) is 18.5. The molecule has 0 aliphatic rings. The summed E-state index contributed by atoms with van der Waals surface area (Å²) in [5.74, 6) is 0.949. The largest absolute Gasteiger partial charge is 0.496 e. The van der Waals surface area contributed by atoms with Gasteiger partial charge in [0.1, 0.15) is 17.9 Å². The van der Waals surface area contributed by atoms with E-state index >= 15 is 0 Å². The predicted molar refractivity (Wildman–Crippen MR) is 124 cm³/mol. The number of hydrogen-bond donors (Lipinski definition) is 1. The lowest BCUT2D eigenvalue weighted by Gasteiger charge is -2.11. The van der Waals surface area contributed by atoms with Gasteiger partial charge in [0.15, 0.2) is 11.5 Å². The van der Waals surface area contributed by atoms with Crippen LogP contribution < -0.4 is 10.1 Å². The third-order valence-electron chi connectivity index (χ3n) is 5.03. The fourth-order valence-corrected chi connectivity index (χ4v) is 3.72. The highest BCUT2D eigenvalue weighted by Crippen LogP contribution is 2.27. The van der Waals surface area contributed by atoms with Crippen molar-refractivity contribution in [1.82, 2.24) is 29.5 Å². The van der Waals surface area contributed by atoms with Crippen molar-refractivity contribution in [3.63, 3.8) is 0 Å². The molecule has 0 bridgehead atoms. The molecule has 0 fully saturated rings. The van der Waals surface area contributed by atoms with E-state index in [1.165, 1.54) is 13.4 Å². The van der Waals surface area contributed by atoms with Crippen LogP contribution in [-0.4, -0.2) is 42.5 Å². The van der Waals surface area contributed by atoms with Crippen molar-refractivity contribution in [2.75, 3.05) is 12.4 Å². The number of rotatable bonds is 5. The second-order valence-corrected chi connectivity index (χ2v) is 7.64. The average Bonchev–Trinajstić information content (AvgIpc) is 3.42. The van der Waals surface area contributed by atoms with Crippen molar-refractivity contribution in [3.05, 3.63) is 83.4 Å². The molecule has 33 heavy (non-hydrogen) atoms. The average molecular weight is 460 g/mol. The molecule has 0 saturated carbocycles. The maximum absolute atomic E-state index is 13.1. The number of methoxy groups -OCH3 is 1. The smallest absolute Gasteiger partial charge is 0.260 e. The van der Waals surface area contributed by atoms with E-state index in [0.717, 1.165) is 5.69 Å². The molecule has 0 radical (unpaired) electrons. The van der Waals surface area contributed by atoms with Crippen LogP contribution in [-0.2, 0) is 0 Å². The van der Waals surface area contributed by atoms with E-state index in [9.17, 15) is 4.79 Å². The zero-order chi connectivity index (χ0) is 22.9. The molecule has 1 amide bonds. The summed E-state index contributed by atoms with van der Waals surface area (Å²) >= 11 is 6.09. The Labute approximate surface area is 193 Å². The standard InChI is InChI=1S/C23H18ClN7O2/c1-14-10-20(28-23(32)17-11-15(24)8-9-19(17)33-2)31(29-14)22-18-12-27-30(21(18)25-13-26-22)16-6-4-3-5-7-16/h3-13H,1-2H3,(H,28,32). The van der Waals surface area contributed by atoms with Crippen LogP contribution in [0.1, 0.15) is 16.1 Å². The number of amides is 1. The fraction of sp³-hybridized carbons (Fsp3) is 0.0870. The van der Waals surface area contributed by atoms with E-state index in [1.54, 1.807) is 39.8 Å². The van der Waals surface area contributed by atoms with E-state index in [2.05, 4.69) is 25.5 Å². The highest BCUT2D eigenvalue weighted by molar-refractivity contribution is 6.31. The summed E-state index contributed by atoms with van der Waals surface area (Å²) in [5, 5.41) is 13.0. The number of fused-ring (bicyclic) bond motifs is 1. The molecule has 0 unspecified atom stereocenters. The molecule has 10 heteroatoms. The van der Waals surface area contributed by atoms with Crippen LogP contribution in [0.25, 0.3) is 22.5 Å². The van der Waals surface area contributed by atoms with Gasteiger partial charge in [0.2, 0.25) is 0 Å². The summed E-state index contributed by atoms with van der Waals surface area (Å²) < 4.78 is 8.60. The molecule has 0 aliphatic heterocycles. The molecule has 3 heterocycles. The molecule has 5 aromatic rings. The topological polar surface area (TPSA) is 99.8 Å². The fourth-order valence-electron chi connectivity index (χ4n) is 3.55. The zero-order valence-electron chi connectivity index (χ0n) is 17.7. The van der Waals surface area contributed by atoms with Gasteiger partial charge in [-0.2, -0.15) is 14.9 Å². The van der Waals surface area contributed by atoms with Gasteiger partial charge in [-0.15, -0.1) is 0 Å². The number of ether oxygens (including phenoxy) is 1. The lowest BCUT2D eigenvalue weighted by molar-refractivity contribution is 0.102. The quantitative estimate of drug-likeness (QED) is 0.422. The molecule has 5 rings (SSSR count). The van der Waals surface area contributed by atoms with Gasteiger partial charge in [0.05, 0.1) is 35.6 Å². The molecule has 0 saturated heterocycles. The number of benzene rings is 2. The van der Waals surface area contributed by atoms with Crippen molar-refractivity contribution in [2.24, 2.45) is 0 Å². The van der Waals surface area contributed by atoms with E-state index in [-0.39, 0.29) is 5.91 Å². The first-order valence-corrected chi connectivity index (χ1v) is 10.4. The molecule has 0 atom stereocenters. The number of para-hydroxylation sites is 1. The van der Waals surface area contributed by atoms with Gasteiger partial charge >= 0.3 is 0 Å². The lowest BCUT2D eigenvalue weighted by Crippen LogP contribution is -2.16. The van der Waals surface area contributed by atoms with Gasteiger partial charge in [0.25, 0.3) is 5.91 Å². The normalized spacial score (nSPS) is 11.0. The summed E-state index contributed by atoms with van der Waals surface area (Å²) in [6.45, 7) is 1.83. The van der Waals surface area contributed by atoms with Crippen molar-refractivity contribution in [3.8, 4) is 17.3 Å². The first-order chi connectivity index (χ1) is 16.0. The Balaban J connectivity index is 1.57. The highest BCUT2D eigenvalue weighted by Gasteiger charge is 2.20. The van der Waals surface area contributed by atoms with Crippen LogP contribution in [0.2, 0.25) is 5.02 Å². The van der Waals surface area contributed by atoms with E-state index in [0.29, 0.717) is 44.7 Å². The Bertz CT molecular complexity index is 1480. The molecular weight excluding hydrogens is 442 g/mol. The number of anilines is 1. The van der Waals surface area contributed by atoms with Gasteiger partial charge in [-0.05, 0) is 37.3 Å². The van der Waals surface area contributed by atoms with Gasteiger partial charge in [0, 0.05) is 11.1 Å². The van der Waals surface area contributed by atoms with Crippen LogP contribution in [0, 0.1) is 6.92 Å². The first kappa shape index (κ1) is 20.7. The summed E-state index contributed by atoms with van der Waals surface area (Å²) in [7, 11) is 1.50. The number of carbonyl (C=O) groups excluding carboxylic acids is 1.